The molecule has 0 fully saturated rings. The number of amides is 1. The number of rotatable bonds is 8. The normalized spacial score (nSPS) is 26.4. The number of hydrogen-bond acceptors (Lipinski definition) is 7. The Kier molecular flexibility index (Phi) is 7.14. The molecule has 0 spiro atoms. The topological polar surface area (TPSA) is 153 Å². The van der Waals surface area contributed by atoms with Gasteiger partial charge in [-0.3, -0.25) is 4.79 Å². The highest BCUT2D eigenvalue weighted by molar-refractivity contribution is 5.85. The average molecular weight is 331 g/mol. The molecular weight excluding hydrogens is 310 g/mol. The largest absolute Gasteiger partial charge is 0.480 e. The minimum atomic E-state index is -1.52. The van der Waals surface area contributed by atoms with Crippen molar-refractivity contribution in [3.8, 4) is 0 Å². The van der Waals surface area contributed by atoms with Gasteiger partial charge in [-0.1, -0.05) is 6.92 Å². The van der Waals surface area contributed by atoms with E-state index in [9.17, 15) is 24.6 Å². The molecular formula is C14H21NO8. The third kappa shape index (κ3) is 4.75. The maximum atomic E-state index is 11.8. The monoisotopic (exact) mass is 331 g/mol. The SMILES string of the molecule is CCCC(=O)N[C@@H]1C(O)C=C(C(=O)O)OC1C(C=O)C(O)CO. The van der Waals surface area contributed by atoms with Crippen molar-refractivity contribution in [1.29, 1.82) is 0 Å². The Bertz CT molecular complexity index is 477. The molecule has 1 aliphatic rings. The lowest BCUT2D eigenvalue weighted by atomic mass is 9.87. The summed E-state index contributed by atoms with van der Waals surface area (Å²) in [5.41, 5.74) is 0. The zero-order valence-corrected chi connectivity index (χ0v) is 12.6. The zero-order chi connectivity index (χ0) is 17.6. The quantitative estimate of drug-likeness (QED) is 0.325. The maximum absolute atomic E-state index is 11.8. The number of aliphatic hydroxyl groups excluding tert-OH is 3. The van der Waals surface area contributed by atoms with Gasteiger partial charge >= 0.3 is 5.97 Å². The van der Waals surface area contributed by atoms with E-state index in [0.717, 1.165) is 6.08 Å². The Balaban J connectivity index is 3.11. The molecule has 1 aliphatic heterocycles. The second-order valence-corrected chi connectivity index (χ2v) is 5.22. The molecule has 130 valence electrons. The van der Waals surface area contributed by atoms with Crippen LogP contribution < -0.4 is 5.32 Å². The van der Waals surface area contributed by atoms with Crippen LogP contribution in [-0.2, 0) is 19.1 Å². The lowest BCUT2D eigenvalue weighted by Gasteiger charge is -2.38. The Morgan fingerprint density at radius 1 is 1.48 bits per heavy atom. The third-order valence-electron chi connectivity index (χ3n) is 3.49. The Hall–Kier alpha value is -1.97. The van der Waals surface area contributed by atoms with E-state index < -0.39 is 54.5 Å². The highest BCUT2D eigenvalue weighted by atomic mass is 16.5. The number of aldehydes is 1. The fraction of sp³-hybridized carbons (Fsp3) is 0.643. The first-order valence-corrected chi connectivity index (χ1v) is 7.19. The van der Waals surface area contributed by atoms with E-state index in [4.69, 9.17) is 14.9 Å². The van der Waals surface area contributed by atoms with Crippen LogP contribution >= 0.6 is 0 Å². The highest BCUT2D eigenvalue weighted by Gasteiger charge is 2.43. The van der Waals surface area contributed by atoms with Crippen LogP contribution in [-0.4, -0.2) is 69.5 Å². The Morgan fingerprint density at radius 2 is 2.13 bits per heavy atom. The summed E-state index contributed by atoms with van der Waals surface area (Å²) in [7, 11) is 0. The molecule has 0 saturated heterocycles. The van der Waals surface area contributed by atoms with Crippen LogP contribution in [0.15, 0.2) is 11.8 Å². The summed E-state index contributed by atoms with van der Waals surface area (Å²) in [6.45, 7) is 1.01. The van der Waals surface area contributed by atoms with Crippen LogP contribution in [0.5, 0.6) is 0 Å². The van der Waals surface area contributed by atoms with E-state index in [-0.39, 0.29) is 6.42 Å². The van der Waals surface area contributed by atoms with Gasteiger partial charge in [0.2, 0.25) is 11.7 Å². The molecule has 1 rings (SSSR count). The van der Waals surface area contributed by atoms with E-state index in [1.807, 2.05) is 0 Å². The van der Waals surface area contributed by atoms with Crippen LogP contribution in [0.1, 0.15) is 19.8 Å². The van der Waals surface area contributed by atoms with Crippen molar-refractivity contribution in [3.63, 3.8) is 0 Å². The van der Waals surface area contributed by atoms with Crippen molar-refractivity contribution < 1.29 is 39.5 Å². The summed E-state index contributed by atoms with van der Waals surface area (Å²) in [4.78, 5) is 34.0. The van der Waals surface area contributed by atoms with Crippen molar-refractivity contribution in [3.05, 3.63) is 11.8 Å². The number of carbonyl (C=O) groups excluding carboxylic acids is 2. The van der Waals surface area contributed by atoms with Crippen molar-refractivity contribution in [2.75, 3.05) is 6.61 Å². The summed E-state index contributed by atoms with van der Waals surface area (Å²) in [5, 5.41) is 40.3. The number of carboxylic acid groups (broad SMARTS) is 1. The van der Waals surface area contributed by atoms with E-state index in [1.165, 1.54) is 0 Å². The van der Waals surface area contributed by atoms with Crippen LogP contribution in [0.4, 0.5) is 0 Å². The van der Waals surface area contributed by atoms with Crippen LogP contribution in [0.2, 0.25) is 0 Å². The predicted molar refractivity (Wildman–Crippen MR) is 76.1 cm³/mol. The number of nitrogens with one attached hydrogen (secondary N) is 1. The van der Waals surface area contributed by atoms with E-state index in [1.54, 1.807) is 6.92 Å². The Morgan fingerprint density at radius 3 is 2.61 bits per heavy atom. The molecule has 9 nitrogen and oxygen atoms in total. The standard InChI is InChI=1S/C14H21NO8/c1-2-3-11(20)15-12-8(18)4-10(14(21)22)23-13(12)7(5-16)9(19)6-17/h4-5,7-9,12-13,17-19H,2-3,6H2,1H3,(H,15,20)(H,21,22)/t7?,8?,9?,12-,13?/m1/s1. The molecule has 0 bridgehead atoms. The van der Waals surface area contributed by atoms with Gasteiger partial charge in [-0.05, 0) is 12.5 Å². The molecule has 0 aromatic carbocycles. The second kappa shape index (κ2) is 8.61. The van der Waals surface area contributed by atoms with E-state index >= 15 is 0 Å². The van der Waals surface area contributed by atoms with Gasteiger partial charge in [0.15, 0.2) is 0 Å². The van der Waals surface area contributed by atoms with Crippen LogP contribution in [0, 0.1) is 5.92 Å². The summed E-state index contributed by atoms with van der Waals surface area (Å²) in [6.07, 6.45) is -2.36. The lowest BCUT2D eigenvalue weighted by molar-refractivity contribution is -0.146. The molecule has 5 atom stereocenters. The molecule has 0 saturated carbocycles. The first kappa shape index (κ1) is 19.1. The number of carboxylic acids is 1. The van der Waals surface area contributed by atoms with Crippen LogP contribution in [0.25, 0.3) is 0 Å². The van der Waals surface area contributed by atoms with Gasteiger partial charge in [-0.15, -0.1) is 0 Å². The van der Waals surface area contributed by atoms with Crippen LogP contribution in [0.3, 0.4) is 0 Å². The first-order valence-electron chi connectivity index (χ1n) is 7.19. The van der Waals surface area contributed by atoms with Crippen molar-refractivity contribution >= 4 is 18.2 Å². The summed E-state index contributed by atoms with van der Waals surface area (Å²) >= 11 is 0. The summed E-state index contributed by atoms with van der Waals surface area (Å²) < 4.78 is 5.17. The van der Waals surface area contributed by atoms with Gasteiger partial charge in [-0.2, -0.15) is 0 Å². The van der Waals surface area contributed by atoms with Crippen molar-refractivity contribution in [1.82, 2.24) is 5.32 Å². The van der Waals surface area contributed by atoms with Gasteiger partial charge in [0.1, 0.15) is 18.5 Å². The first-order chi connectivity index (χ1) is 10.8. The van der Waals surface area contributed by atoms with Gasteiger partial charge in [-0.25, -0.2) is 4.79 Å². The molecule has 1 amide bonds. The number of aliphatic hydroxyl groups is 3. The lowest BCUT2D eigenvalue weighted by Crippen LogP contribution is -2.58. The molecule has 0 aromatic heterocycles. The average Bonchev–Trinajstić information content (AvgIpc) is 2.50. The Labute approximate surface area is 132 Å². The second-order valence-electron chi connectivity index (χ2n) is 5.22. The predicted octanol–water partition coefficient (Wildman–Crippen LogP) is -1.83. The smallest absolute Gasteiger partial charge is 0.370 e. The summed E-state index contributed by atoms with van der Waals surface area (Å²) in [6, 6.07) is -1.13. The van der Waals surface area contributed by atoms with Gasteiger partial charge in [0, 0.05) is 6.42 Å². The molecule has 5 N–H and O–H groups in total. The van der Waals surface area contributed by atoms with Gasteiger partial charge in [0.25, 0.3) is 0 Å². The molecule has 9 heteroatoms. The van der Waals surface area contributed by atoms with Gasteiger partial charge < -0.3 is 35.3 Å². The van der Waals surface area contributed by atoms with Crippen molar-refractivity contribution in [2.45, 2.75) is 44.1 Å². The van der Waals surface area contributed by atoms with E-state index in [2.05, 4.69) is 5.32 Å². The minimum absolute atomic E-state index is 0.166. The molecule has 0 aliphatic carbocycles. The fourth-order valence-corrected chi connectivity index (χ4v) is 2.31. The van der Waals surface area contributed by atoms with Gasteiger partial charge in [0.05, 0.1) is 24.7 Å². The molecule has 0 aromatic rings. The molecule has 1 heterocycles. The number of ether oxygens (including phenoxy) is 1. The minimum Gasteiger partial charge on any atom is -0.480 e. The zero-order valence-electron chi connectivity index (χ0n) is 12.6. The van der Waals surface area contributed by atoms with E-state index in [0.29, 0.717) is 12.7 Å². The molecule has 23 heavy (non-hydrogen) atoms. The molecule has 4 unspecified atom stereocenters. The summed E-state index contributed by atoms with van der Waals surface area (Å²) in [5.74, 6) is -3.80. The number of carbonyl (C=O) groups is 3. The highest BCUT2D eigenvalue weighted by Crippen LogP contribution is 2.25. The maximum Gasteiger partial charge on any atom is 0.370 e. The molecule has 0 radical (unpaired) electrons. The number of hydrogen-bond donors (Lipinski definition) is 5. The van der Waals surface area contributed by atoms with Crippen molar-refractivity contribution in [2.24, 2.45) is 5.92 Å². The fourth-order valence-electron chi connectivity index (χ4n) is 2.31. The third-order valence-corrected chi connectivity index (χ3v) is 3.49. The number of aliphatic carboxylic acids is 1.